The molecule has 20 heavy (non-hydrogen) atoms. The molecule has 1 aliphatic rings. The second-order valence-electron chi connectivity index (χ2n) is 4.91. The molecule has 1 unspecified atom stereocenters. The summed E-state index contributed by atoms with van der Waals surface area (Å²) in [5.41, 5.74) is 1.41. The molecule has 5 nitrogen and oxygen atoms in total. The molecular formula is C14H14ClN3O2. The molecule has 0 saturated carbocycles. The van der Waals surface area contributed by atoms with Crippen molar-refractivity contribution in [2.24, 2.45) is 0 Å². The molecule has 3 rings (SSSR count). The number of anilines is 1. The van der Waals surface area contributed by atoms with E-state index >= 15 is 0 Å². The number of piperidine rings is 1. The van der Waals surface area contributed by atoms with Gasteiger partial charge in [-0.15, -0.1) is 5.10 Å². The number of hydrogen-bond acceptors (Lipinski definition) is 4. The summed E-state index contributed by atoms with van der Waals surface area (Å²) in [7, 11) is 0. The Kier molecular flexibility index (Phi) is 3.44. The minimum Gasteiger partial charge on any atom is -0.480 e. The minimum absolute atomic E-state index is 0.505. The summed E-state index contributed by atoms with van der Waals surface area (Å²) >= 11 is 6.13. The molecule has 0 aliphatic carbocycles. The van der Waals surface area contributed by atoms with Crippen LogP contribution in [-0.2, 0) is 4.79 Å². The lowest BCUT2D eigenvalue weighted by Crippen LogP contribution is -2.45. The van der Waals surface area contributed by atoms with Gasteiger partial charge in [0.15, 0.2) is 0 Å². The summed E-state index contributed by atoms with van der Waals surface area (Å²) in [6.45, 7) is 0.713. The van der Waals surface area contributed by atoms with Gasteiger partial charge in [-0.05, 0) is 25.3 Å². The lowest BCUT2D eigenvalue weighted by Gasteiger charge is -2.35. The maximum absolute atomic E-state index is 11.4. The Morgan fingerprint density at radius 2 is 2.25 bits per heavy atom. The number of fused-ring (bicyclic) bond motifs is 1. The van der Waals surface area contributed by atoms with Gasteiger partial charge in [-0.1, -0.05) is 23.7 Å². The van der Waals surface area contributed by atoms with Gasteiger partial charge in [0.2, 0.25) is 0 Å². The van der Waals surface area contributed by atoms with Crippen LogP contribution in [0.3, 0.4) is 0 Å². The van der Waals surface area contributed by atoms with Crippen molar-refractivity contribution in [3.63, 3.8) is 0 Å². The highest BCUT2D eigenvalue weighted by Crippen LogP contribution is 2.32. The molecule has 1 aromatic heterocycles. The zero-order valence-electron chi connectivity index (χ0n) is 10.8. The normalized spacial score (nSPS) is 19.2. The molecule has 0 radical (unpaired) electrons. The van der Waals surface area contributed by atoms with Crippen LogP contribution >= 0.6 is 11.6 Å². The fourth-order valence-electron chi connectivity index (χ4n) is 2.74. The molecular weight excluding hydrogens is 278 g/mol. The summed E-state index contributed by atoms with van der Waals surface area (Å²) in [6, 6.07) is 5.00. The summed E-state index contributed by atoms with van der Waals surface area (Å²) in [5.74, 6) is -0.795. The van der Waals surface area contributed by atoms with E-state index in [-0.39, 0.29) is 0 Å². The average molecular weight is 292 g/mol. The van der Waals surface area contributed by atoms with Gasteiger partial charge in [-0.2, -0.15) is 5.10 Å². The Morgan fingerprint density at radius 3 is 3.05 bits per heavy atom. The van der Waals surface area contributed by atoms with E-state index in [1.54, 1.807) is 12.3 Å². The Morgan fingerprint density at radius 1 is 1.40 bits per heavy atom. The van der Waals surface area contributed by atoms with Crippen molar-refractivity contribution in [1.29, 1.82) is 0 Å². The maximum atomic E-state index is 11.4. The third kappa shape index (κ3) is 2.18. The van der Waals surface area contributed by atoms with E-state index in [1.165, 1.54) is 0 Å². The van der Waals surface area contributed by atoms with Crippen LogP contribution in [0.1, 0.15) is 19.3 Å². The van der Waals surface area contributed by atoms with E-state index in [1.807, 2.05) is 17.0 Å². The third-order valence-corrected chi connectivity index (χ3v) is 4.00. The first-order chi connectivity index (χ1) is 9.68. The standard InChI is InChI=1S/C14H14ClN3O2/c15-10-5-3-4-9-12(8-16-17-13(9)10)18-7-2-1-6-11(18)14(19)20/h3-5,8,11H,1-2,6-7H2,(H,19,20). The number of carboxylic acid groups (broad SMARTS) is 1. The number of halogens is 1. The smallest absolute Gasteiger partial charge is 0.326 e. The van der Waals surface area contributed by atoms with Gasteiger partial charge in [-0.3, -0.25) is 0 Å². The molecule has 1 aliphatic heterocycles. The molecule has 0 bridgehead atoms. The quantitative estimate of drug-likeness (QED) is 0.921. The van der Waals surface area contributed by atoms with Crippen molar-refractivity contribution >= 4 is 34.2 Å². The van der Waals surface area contributed by atoms with Crippen molar-refractivity contribution in [3.05, 3.63) is 29.4 Å². The first-order valence-corrected chi connectivity index (χ1v) is 6.95. The fraction of sp³-hybridized carbons (Fsp3) is 0.357. The predicted molar refractivity (Wildman–Crippen MR) is 77.2 cm³/mol. The fourth-order valence-corrected chi connectivity index (χ4v) is 2.95. The van der Waals surface area contributed by atoms with Gasteiger partial charge < -0.3 is 10.0 Å². The SMILES string of the molecule is O=C(O)C1CCCCN1c1cnnc2c(Cl)cccc12. The summed E-state index contributed by atoms with van der Waals surface area (Å²) in [6.07, 6.45) is 4.19. The summed E-state index contributed by atoms with van der Waals surface area (Å²) in [4.78, 5) is 13.3. The Labute approximate surface area is 121 Å². The van der Waals surface area contributed by atoms with E-state index in [2.05, 4.69) is 10.2 Å². The number of rotatable bonds is 2. The maximum Gasteiger partial charge on any atom is 0.326 e. The molecule has 1 atom stereocenters. The predicted octanol–water partition coefficient (Wildman–Crippen LogP) is 2.73. The number of carbonyl (C=O) groups is 1. The number of aliphatic carboxylic acids is 1. The van der Waals surface area contributed by atoms with Gasteiger partial charge in [0, 0.05) is 11.9 Å². The topological polar surface area (TPSA) is 66.3 Å². The Hall–Kier alpha value is -1.88. The number of benzene rings is 1. The molecule has 6 heteroatoms. The molecule has 1 aromatic carbocycles. The van der Waals surface area contributed by atoms with Crippen molar-refractivity contribution in [3.8, 4) is 0 Å². The largest absolute Gasteiger partial charge is 0.480 e. The Balaban J connectivity index is 2.13. The third-order valence-electron chi connectivity index (χ3n) is 3.70. The van der Waals surface area contributed by atoms with Crippen molar-refractivity contribution in [2.45, 2.75) is 25.3 Å². The summed E-state index contributed by atoms with van der Waals surface area (Å²) < 4.78 is 0. The molecule has 0 spiro atoms. The van der Waals surface area contributed by atoms with Crippen molar-refractivity contribution < 1.29 is 9.90 Å². The molecule has 1 N–H and O–H groups in total. The van der Waals surface area contributed by atoms with E-state index in [0.717, 1.165) is 23.9 Å². The van der Waals surface area contributed by atoms with Crippen LogP contribution in [0.15, 0.2) is 24.4 Å². The highest BCUT2D eigenvalue weighted by atomic mass is 35.5. The molecule has 1 saturated heterocycles. The molecule has 1 fully saturated rings. The zero-order chi connectivity index (χ0) is 14.1. The lowest BCUT2D eigenvalue weighted by molar-refractivity contribution is -0.139. The van der Waals surface area contributed by atoms with Crippen molar-refractivity contribution in [2.75, 3.05) is 11.4 Å². The van der Waals surface area contributed by atoms with Gasteiger partial charge in [0.1, 0.15) is 11.6 Å². The molecule has 2 heterocycles. The highest BCUT2D eigenvalue weighted by Gasteiger charge is 2.29. The van der Waals surface area contributed by atoms with Crippen LogP contribution in [0, 0.1) is 0 Å². The van der Waals surface area contributed by atoms with E-state index in [0.29, 0.717) is 23.5 Å². The Bertz CT molecular complexity index is 662. The van der Waals surface area contributed by atoms with Crippen LogP contribution in [0.25, 0.3) is 10.9 Å². The monoisotopic (exact) mass is 291 g/mol. The van der Waals surface area contributed by atoms with Gasteiger partial charge in [-0.25, -0.2) is 4.79 Å². The first kappa shape index (κ1) is 13.1. The van der Waals surface area contributed by atoms with Gasteiger partial charge in [0.05, 0.1) is 16.9 Å². The number of nitrogens with zero attached hydrogens (tertiary/aromatic N) is 3. The average Bonchev–Trinajstić information content (AvgIpc) is 2.47. The van der Waals surface area contributed by atoms with Crippen LogP contribution in [0.5, 0.6) is 0 Å². The van der Waals surface area contributed by atoms with E-state index in [4.69, 9.17) is 11.6 Å². The number of aromatic nitrogens is 2. The van der Waals surface area contributed by atoms with Crippen molar-refractivity contribution in [1.82, 2.24) is 10.2 Å². The first-order valence-electron chi connectivity index (χ1n) is 6.58. The van der Waals surface area contributed by atoms with Gasteiger partial charge >= 0.3 is 5.97 Å². The number of hydrogen-bond donors (Lipinski definition) is 1. The number of carboxylic acids is 1. The van der Waals surface area contributed by atoms with Gasteiger partial charge in [0.25, 0.3) is 0 Å². The van der Waals surface area contributed by atoms with Crippen LogP contribution in [0.4, 0.5) is 5.69 Å². The lowest BCUT2D eigenvalue weighted by atomic mass is 10.0. The van der Waals surface area contributed by atoms with Crippen LogP contribution in [0.2, 0.25) is 5.02 Å². The van der Waals surface area contributed by atoms with E-state index in [9.17, 15) is 9.90 Å². The highest BCUT2D eigenvalue weighted by molar-refractivity contribution is 6.35. The zero-order valence-corrected chi connectivity index (χ0v) is 11.5. The minimum atomic E-state index is -0.795. The molecule has 104 valence electrons. The second-order valence-corrected chi connectivity index (χ2v) is 5.32. The van der Waals surface area contributed by atoms with Crippen LogP contribution < -0.4 is 4.90 Å². The summed E-state index contributed by atoms with van der Waals surface area (Å²) in [5, 5.41) is 18.8. The second kappa shape index (κ2) is 5.25. The van der Waals surface area contributed by atoms with Crippen LogP contribution in [-0.4, -0.2) is 33.9 Å². The molecule has 0 amide bonds. The molecule has 2 aromatic rings. The van der Waals surface area contributed by atoms with E-state index < -0.39 is 12.0 Å².